The molecule has 0 aliphatic carbocycles. The molecule has 0 amide bonds. The molecule has 0 aromatic carbocycles. The van der Waals surface area contributed by atoms with E-state index in [4.69, 9.17) is 0 Å². The van der Waals surface area contributed by atoms with Crippen LogP contribution in [0, 0.1) is 0 Å². The fraction of sp³-hybridized carbons (Fsp3) is 0.800. The second kappa shape index (κ2) is 12.7. The Bertz CT molecular complexity index is 194. The summed E-state index contributed by atoms with van der Waals surface area (Å²) in [5.41, 5.74) is 0. The highest BCUT2D eigenvalue weighted by molar-refractivity contribution is 7.78. The van der Waals surface area contributed by atoms with Crippen LogP contribution in [0.25, 0.3) is 0 Å². The number of isothiocyanates is 1. The quantitative estimate of drug-likeness (QED) is 0.347. The minimum Gasteiger partial charge on any atom is -0.233 e. The first-order chi connectivity index (χ1) is 6.91. The van der Waals surface area contributed by atoms with Crippen molar-refractivity contribution < 1.29 is 4.21 Å². The molecule has 0 aromatic rings. The van der Waals surface area contributed by atoms with Crippen molar-refractivity contribution in [2.45, 2.75) is 44.9 Å². The number of unbranched alkanes of at least 4 members (excludes halogenated alkanes) is 6. The third-order valence-corrected chi connectivity index (χ3v) is 2.48. The Balaban J connectivity index is 2.98. The normalized spacial score (nSPS) is 9.14. The Morgan fingerprint density at radius 3 is 2.43 bits per heavy atom. The molecule has 4 heteroatoms. The van der Waals surface area contributed by atoms with Crippen molar-refractivity contribution in [1.29, 1.82) is 0 Å². The summed E-state index contributed by atoms with van der Waals surface area (Å²) in [5, 5.41) is 4.10. The van der Waals surface area contributed by atoms with Crippen LogP contribution in [-0.2, 0) is 11.3 Å². The monoisotopic (exact) mass is 231 g/mol. The van der Waals surface area contributed by atoms with Gasteiger partial charge in [-0.15, -0.1) is 0 Å². The van der Waals surface area contributed by atoms with Crippen molar-refractivity contribution in [3.05, 3.63) is 0 Å². The predicted octanol–water partition coefficient (Wildman–Crippen LogP) is 2.84. The summed E-state index contributed by atoms with van der Waals surface area (Å²) in [7, 11) is 0. The number of hydrogen-bond acceptors (Lipinski definition) is 3. The Morgan fingerprint density at radius 2 is 1.79 bits per heavy atom. The van der Waals surface area contributed by atoms with Gasteiger partial charge in [-0.05, 0) is 31.5 Å². The molecule has 0 spiro atoms. The number of hydrogen-bond donors (Lipinski definition) is 0. The van der Waals surface area contributed by atoms with Crippen LogP contribution in [0.5, 0.6) is 0 Å². The van der Waals surface area contributed by atoms with Crippen LogP contribution < -0.4 is 0 Å². The number of thiocarbonyl (C=S) groups is 1. The van der Waals surface area contributed by atoms with Gasteiger partial charge in [0.1, 0.15) is 0 Å². The fourth-order valence-corrected chi connectivity index (χ4v) is 1.57. The molecule has 0 aromatic heterocycles. The van der Waals surface area contributed by atoms with E-state index in [9.17, 15) is 4.21 Å². The number of rotatable bonds is 9. The minimum atomic E-state index is 0.575. The molecule has 0 fully saturated rings. The third kappa shape index (κ3) is 11.7. The third-order valence-electron chi connectivity index (χ3n) is 1.97. The maximum atomic E-state index is 10.0. The van der Waals surface area contributed by atoms with Crippen molar-refractivity contribution in [3.8, 4) is 0 Å². The number of aliphatic imine (C=N–C) groups is 1. The van der Waals surface area contributed by atoms with E-state index in [0.29, 0.717) is 11.3 Å². The van der Waals surface area contributed by atoms with Crippen LogP contribution in [0.15, 0.2) is 4.99 Å². The van der Waals surface area contributed by atoms with E-state index in [1.807, 2.05) is 0 Å². The zero-order valence-electron chi connectivity index (χ0n) is 8.41. The van der Waals surface area contributed by atoms with Gasteiger partial charge in [0.05, 0.1) is 16.4 Å². The molecule has 14 heavy (non-hydrogen) atoms. The van der Waals surface area contributed by atoms with E-state index in [0.717, 1.165) is 25.8 Å². The SMILES string of the molecule is O=S=CCCCCCCCCN=C=S. The van der Waals surface area contributed by atoms with Crippen molar-refractivity contribution in [2.24, 2.45) is 4.99 Å². The average molecular weight is 231 g/mol. The first-order valence-corrected chi connectivity index (χ1v) is 6.27. The van der Waals surface area contributed by atoms with Gasteiger partial charge in [-0.1, -0.05) is 25.7 Å². The first kappa shape index (κ1) is 13.7. The van der Waals surface area contributed by atoms with Crippen LogP contribution in [0.1, 0.15) is 44.9 Å². The highest BCUT2D eigenvalue weighted by Crippen LogP contribution is 2.06. The second-order valence-corrected chi connectivity index (χ2v) is 3.85. The lowest BCUT2D eigenvalue weighted by Crippen LogP contribution is -1.83. The summed E-state index contributed by atoms with van der Waals surface area (Å²) < 4.78 is 10.0. The molecule has 0 rings (SSSR count). The molecule has 0 saturated heterocycles. The molecule has 0 N–H and O–H groups in total. The molecule has 0 atom stereocenters. The molecule has 0 heterocycles. The van der Waals surface area contributed by atoms with Crippen molar-refractivity contribution in [3.63, 3.8) is 0 Å². The average Bonchev–Trinajstić information content (AvgIpc) is 2.21. The van der Waals surface area contributed by atoms with E-state index in [-0.39, 0.29) is 0 Å². The highest BCUT2D eigenvalue weighted by atomic mass is 32.1. The smallest absolute Gasteiger partial charge is 0.0841 e. The maximum Gasteiger partial charge on any atom is 0.0841 e. The minimum absolute atomic E-state index is 0.575. The molecular weight excluding hydrogens is 214 g/mol. The summed E-state index contributed by atoms with van der Waals surface area (Å²) in [5.74, 6) is 0. The van der Waals surface area contributed by atoms with Gasteiger partial charge >= 0.3 is 0 Å². The van der Waals surface area contributed by atoms with E-state index in [1.54, 1.807) is 5.37 Å². The van der Waals surface area contributed by atoms with Gasteiger partial charge in [-0.2, -0.15) is 0 Å². The molecule has 2 nitrogen and oxygen atoms in total. The van der Waals surface area contributed by atoms with Gasteiger partial charge in [0, 0.05) is 11.9 Å². The maximum absolute atomic E-state index is 10.0. The van der Waals surface area contributed by atoms with Gasteiger partial charge in [-0.3, -0.25) is 0 Å². The first-order valence-electron chi connectivity index (χ1n) is 5.05. The van der Waals surface area contributed by atoms with Crippen LogP contribution in [-0.4, -0.2) is 21.3 Å². The Labute approximate surface area is 94.9 Å². The molecule has 0 aliphatic heterocycles. The summed E-state index contributed by atoms with van der Waals surface area (Å²) >= 11 is 5.04. The predicted molar refractivity (Wildman–Crippen MR) is 66.4 cm³/mol. The fourth-order valence-electron chi connectivity index (χ4n) is 1.22. The summed E-state index contributed by atoms with van der Waals surface area (Å²) in [6.45, 7) is 0.824. The van der Waals surface area contributed by atoms with Gasteiger partial charge < -0.3 is 0 Å². The van der Waals surface area contributed by atoms with Crippen LogP contribution in [0.2, 0.25) is 0 Å². The Kier molecular flexibility index (Phi) is 12.4. The van der Waals surface area contributed by atoms with Crippen LogP contribution in [0.3, 0.4) is 0 Å². The highest BCUT2D eigenvalue weighted by Gasteiger charge is 1.89. The zero-order chi connectivity index (χ0) is 10.5. The van der Waals surface area contributed by atoms with E-state index < -0.39 is 0 Å². The second-order valence-electron chi connectivity index (χ2n) is 3.15. The molecule has 0 unspecified atom stereocenters. The van der Waals surface area contributed by atoms with E-state index >= 15 is 0 Å². The summed E-state index contributed by atoms with van der Waals surface area (Å²) in [6.07, 6.45) is 8.19. The zero-order valence-corrected chi connectivity index (χ0v) is 10.0. The molecule has 80 valence electrons. The topological polar surface area (TPSA) is 29.4 Å². The largest absolute Gasteiger partial charge is 0.233 e. The Morgan fingerprint density at radius 1 is 1.14 bits per heavy atom. The molecular formula is C10H17NOS2. The number of nitrogens with zero attached hydrogens (tertiary/aromatic N) is 1. The Hall–Kier alpha value is -0.310. The van der Waals surface area contributed by atoms with Gasteiger partial charge in [-0.25, -0.2) is 9.20 Å². The molecule has 0 aliphatic rings. The lowest BCUT2D eigenvalue weighted by atomic mass is 10.1. The van der Waals surface area contributed by atoms with Gasteiger partial charge in [0.15, 0.2) is 0 Å². The lowest BCUT2D eigenvalue weighted by Gasteiger charge is -1.97. The van der Waals surface area contributed by atoms with Crippen LogP contribution in [0.4, 0.5) is 0 Å². The molecule has 0 bridgehead atoms. The van der Waals surface area contributed by atoms with Crippen molar-refractivity contribution >= 4 is 34.0 Å². The van der Waals surface area contributed by atoms with E-state index in [2.05, 4.69) is 22.4 Å². The lowest BCUT2D eigenvalue weighted by molar-refractivity contribution is 0.606. The van der Waals surface area contributed by atoms with Crippen molar-refractivity contribution in [1.82, 2.24) is 0 Å². The summed E-state index contributed by atoms with van der Waals surface area (Å²) in [4.78, 5) is 3.85. The van der Waals surface area contributed by atoms with Gasteiger partial charge in [0.25, 0.3) is 0 Å². The standard InChI is InChI=1S/C10H17NOS2/c12-14-9-7-5-3-1-2-4-6-8-11-10-13/h9H,1-8H2. The van der Waals surface area contributed by atoms with Crippen molar-refractivity contribution in [2.75, 3.05) is 6.54 Å². The summed E-state index contributed by atoms with van der Waals surface area (Å²) in [6, 6.07) is 0. The van der Waals surface area contributed by atoms with E-state index in [1.165, 1.54) is 25.7 Å². The molecule has 0 radical (unpaired) electrons. The van der Waals surface area contributed by atoms with Gasteiger partial charge in [0.2, 0.25) is 0 Å². The van der Waals surface area contributed by atoms with Crippen LogP contribution >= 0.6 is 12.2 Å². The molecule has 0 saturated carbocycles.